The number of rotatable bonds is 8. The van der Waals surface area contributed by atoms with Gasteiger partial charge in [0.25, 0.3) is 0 Å². The molecule has 1 aliphatic carbocycles. The third kappa shape index (κ3) is 5.76. The van der Waals surface area contributed by atoms with Gasteiger partial charge in [-0.2, -0.15) is 0 Å². The maximum Gasteiger partial charge on any atom is 0.0704 e. The van der Waals surface area contributed by atoms with Gasteiger partial charge in [-0.05, 0) is 25.0 Å². The van der Waals surface area contributed by atoms with Crippen LogP contribution in [0.15, 0.2) is 0 Å². The van der Waals surface area contributed by atoms with Crippen LogP contribution >= 0.6 is 11.9 Å². The van der Waals surface area contributed by atoms with Gasteiger partial charge in [-0.15, -0.1) is 0 Å². The van der Waals surface area contributed by atoms with E-state index < -0.39 is 0 Å². The van der Waals surface area contributed by atoms with Crippen molar-refractivity contribution < 1.29 is 9.47 Å². The summed E-state index contributed by atoms with van der Waals surface area (Å²) in [5, 5.41) is 0. The molecule has 0 unspecified atom stereocenters. The van der Waals surface area contributed by atoms with Crippen molar-refractivity contribution in [1.29, 1.82) is 0 Å². The van der Waals surface area contributed by atoms with Crippen LogP contribution in [0.2, 0.25) is 0 Å². The summed E-state index contributed by atoms with van der Waals surface area (Å²) in [6.07, 6.45) is 4.81. The van der Waals surface area contributed by atoms with Gasteiger partial charge in [-0.25, -0.2) is 0 Å². The van der Waals surface area contributed by atoms with Gasteiger partial charge in [0.1, 0.15) is 0 Å². The van der Waals surface area contributed by atoms with E-state index in [-0.39, 0.29) is 0 Å². The molecule has 0 saturated heterocycles. The second-order valence-corrected chi connectivity index (χ2v) is 5.10. The van der Waals surface area contributed by atoms with Crippen LogP contribution in [0, 0.1) is 5.92 Å². The van der Waals surface area contributed by atoms with E-state index in [1.54, 1.807) is 11.9 Å². The average molecular weight is 233 g/mol. The van der Waals surface area contributed by atoms with Gasteiger partial charge in [0.15, 0.2) is 0 Å². The predicted octanol–water partition coefficient (Wildman–Crippen LogP) is 2.07. The van der Waals surface area contributed by atoms with E-state index in [0.717, 1.165) is 32.7 Å². The smallest absolute Gasteiger partial charge is 0.0704 e. The van der Waals surface area contributed by atoms with Crippen LogP contribution in [0.4, 0.5) is 0 Å². The summed E-state index contributed by atoms with van der Waals surface area (Å²) >= 11 is 1.69. The van der Waals surface area contributed by atoms with Crippen molar-refractivity contribution in [2.75, 3.05) is 26.1 Å². The molecule has 0 amide bonds. The first-order valence-electron chi connectivity index (χ1n) is 5.70. The Kier molecular flexibility index (Phi) is 6.64. The number of hydrogen-bond donors (Lipinski definition) is 1. The van der Waals surface area contributed by atoms with Crippen molar-refractivity contribution in [2.45, 2.75) is 38.8 Å². The first kappa shape index (κ1) is 13.3. The van der Waals surface area contributed by atoms with Crippen LogP contribution < -0.4 is 4.72 Å². The molecule has 0 radical (unpaired) electrons. The Morgan fingerprint density at radius 3 is 2.67 bits per heavy atom. The Labute approximate surface area is 97.4 Å². The standard InChI is InChI=1S/C11H23NO2S/c1-9(2)8-13-4-5-14-11-6-10(7-11)12-15-3/h9-12H,4-8H2,1-3H3. The minimum absolute atomic E-state index is 0.456. The SMILES string of the molecule is CSNC1CC(OCCOCC(C)C)C1. The molecule has 4 heteroatoms. The number of ether oxygens (including phenoxy) is 2. The topological polar surface area (TPSA) is 30.5 Å². The average Bonchev–Trinajstić information content (AvgIpc) is 2.12. The fourth-order valence-corrected chi connectivity index (χ4v) is 2.08. The van der Waals surface area contributed by atoms with Gasteiger partial charge >= 0.3 is 0 Å². The van der Waals surface area contributed by atoms with Crippen molar-refractivity contribution in [3.8, 4) is 0 Å². The lowest BCUT2D eigenvalue weighted by atomic mass is 9.90. The van der Waals surface area contributed by atoms with E-state index in [1.807, 2.05) is 0 Å². The molecule has 0 aromatic carbocycles. The number of hydrogen-bond acceptors (Lipinski definition) is 4. The van der Waals surface area contributed by atoms with E-state index in [1.165, 1.54) is 0 Å². The monoisotopic (exact) mass is 233 g/mol. The molecule has 0 heterocycles. The van der Waals surface area contributed by atoms with Gasteiger partial charge in [0, 0.05) is 12.6 Å². The Hall–Kier alpha value is 0.230. The first-order chi connectivity index (χ1) is 7.22. The molecular weight excluding hydrogens is 210 g/mol. The molecule has 15 heavy (non-hydrogen) atoms. The van der Waals surface area contributed by atoms with Crippen LogP contribution in [0.3, 0.4) is 0 Å². The molecular formula is C11H23NO2S. The summed E-state index contributed by atoms with van der Waals surface area (Å²) in [4.78, 5) is 0. The van der Waals surface area contributed by atoms with Crippen molar-refractivity contribution >= 4 is 11.9 Å². The number of nitrogens with one attached hydrogen (secondary N) is 1. The quantitative estimate of drug-likeness (QED) is 0.513. The highest BCUT2D eigenvalue weighted by atomic mass is 32.2. The lowest BCUT2D eigenvalue weighted by Gasteiger charge is -2.35. The summed E-state index contributed by atoms with van der Waals surface area (Å²) in [5.41, 5.74) is 0. The molecule has 0 aromatic rings. The van der Waals surface area contributed by atoms with E-state index in [4.69, 9.17) is 9.47 Å². The fraction of sp³-hybridized carbons (Fsp3) is 1.00. The summed E-state index contributed by atoms with van der Waals surface area (Å²) in [6.45, 7) is 6.63. The van der Waals surface area contributed by atoms with Crippen LogP contribution in [-0.4, -0.2) is 38.2 Å². The molecule has 0 spiro atoms. The van der Waals surface area contributed by atoms with Crippen LogP contribution in [0.5, 0.6) is 0 Å². The molecule has 1 N–H and O–H groups in total. The third-order valence-corrected chi connectivity index (χ3v) is 2.98. The lowest BCUT2D eigenvalue weighted by molar-refractivity contribution is -0.0408. The zero-order chi connectivity index (χ0) is 11.1. The molecule has 0 aromatic heterocycles. The molecule has 1 fully saturated rings. The highest BCUT2D eigenvalue weighted by Crippen LogP contribution is 2.24. The van der Waals surface area contributed by atoms with Crippen molar-refractivity contribution in [3.63, 3.8) is 0 Å². The summed E-state index contributed by atoms with van der Waals surface area (Å²) in [5.74, 6) is 0.615. The van der Waals surface area contributed by atoms with E-state index in [2.05, 4.69) is 24.8 Å². The van der Waals surface area contributed by atoms with E-state index in [9.17, 15) is 0 Å². The zero-order valence-electron chi connectivity index (χ0n) is 9.99. The van der Waals surface area contributed by atoms with Crippen molar-refractivity contribution in [3.05, 3.63) is 0 Å². The van der Waals surface area contributed by atoms with Crippen LogP contribution in [-0.2, 0) is 9.47 Å². The van der Waals surface area contributed by atoms with Crippen LogP contribution in [0.1, 0.15) is 26.7 Å². The second-order valence-electron chi connectivity index (χ2n) is 4.45. The highest BCUT2D eigenvalue weighted by molar-refractivity contribution is 7.96. The molecule has 90 valence electrons. The second kappa shape index (κ2) is 7.49. The molecule has 1 saturated carbocycles. The Balaban J connectivity index is 1.82. The van der Waals surface area contributed by atoms with E-state index in [0.29, 0.717) is 18.1 Å². The Bertz CT molecular complexity index is 161. The van der Waals surface area contributed by atoms with Gasteiger partial charge < -0.3 is 9.47 Å². The Morgan fingerprint density at radius 1 is 1.33 bits per heavy atom. The van der Waals surface area contributed by atoms with Gasteiger partial charge in [-0.3, -0.25) is 4.72 Å². The molecule has 3 nitrogen and oxygen atoms in total. The van der Waals surface area contributed by atoms with Gasteiger partial charge in [-0.1, -0.05) is 25.8 Å². The summed E-state index contributed by atoms with van der Waals surface area (Å²) in [7, 11) is 0. The van der Waals surface area contributed by atoms with E-state index >= 15 is 0 Å². The lowest BCUT2D eigenvalue weighted by Crippen LogP contribution is -2.43. The zero-order valence-corrected chi connectivity index (χ0v) is 10.8. The first-order valence-corrected chi connectivity index (χ1v) is 6.92. The van der Waals surface area contributed by atoms with Gasteiger partial charge in [0.05, 0.1) is 19.3 Å². The predicted molar refractivity (Wildman–Crippen MR) is 65.1 cm³/mol. The maximum atomic E-state index is 5.66. The van der Waals surface area contributed by atoms with Crippen molar-refractivity contribution in [1.82, 2.24) is 4.72 Å². The molecule has 0 aliphatic heterocycles. The largest absolute Gasteiger partial charge is 0.379 e. The van der Waals surface area contributed by atoms with Gasteiger partial charge in [0.2, 0.25) is 0 Å². The summed E-state index contributed by atoms with van der Waals surface area (Å²) < 4.78 is 14.4. The molecule has 1 aliphatic rings. The molecule has 0 bridgehead atoms. The summed E-state index contributed by atoms with van der Waals surface area (Å²) in [6, 6.07) is 0.654. The minimum Gasteiger partial charge on any atom is -0.379 e. The highest BCUT2D eigenvalue weighted by Gasteiger charge is 2.28. The normalized spacial score (nSPS) is 25.6. The Morgan fingerprint density at radius 2 is 2.07 bits per heavy atom. The third-order valence-electron chi connectivity index (χ3n) is 2.41. The maximum absolute atomic E-state index is 5.66. The minimum atomic E-state index is 0.456. The molecule has 0 atom stereocenters. The van der Waals surface area contributed by atoms with Crippen molar-refractivity contribution in [2.24, 2.45) is 5.92 Å². The van der Waals surface area contributed by atoms with Crippen LogP contribution in [0.25, 0.3) is 0 Å². The fourth-order valence-electron chi connectivity index (χ4n) is 1.56. The molecule has 1 rings (SSSR count).